The minimum atomic E-state index is -0.945. The molecule has 2 N–H and O–H groups in total. The molecule has 2 saturated heterocycles. The lowest BCUT2D eigenvalue weighted by molar-refractivity contribution is -0.120. The molecule has 2 aromatic carbocycles. The monoisotopic (exact) mass is 483 g/mol. The summed E-state index contributed by atoms with van der Waals surface area (Å²) in [6.45, 7) is 0.603. The van der Waals surface area contributed by atoms with Gasteiger partial charge in [-0.25, -0.2) is 9.18 Å². The van der Waals surface area contributed by atoms with E-state index in [4.69, 9.17) is 11.6 Å². The first kappa shape index (κ1) is 23.5. The third kappa shape index (κ3) is 5.13. The van der Waals surface area contributed by atoms with Crippen molar-refractivity contribution in [2.75, 3.05) is 28.6 Å². The largest absolute Gasteiger partial charge is 0.322 e. The van der Waals surface area contributed by atoms with Gasteiger partial charge < -0.3 is 20.4 Å². The van der Waals surface area contributed by atoms with Crippen LogP contribution < -0.4 is 15.5 Å². The molecule has 0 aliphatic carbocycles. The summed E-state index contributed by atoms with van der Waals surface area (Å²) in [5.74, 6) is -1.86. The van der Waals surface area contributed by atoms with Gasteiger partial charge in [-0.3, -0.25) is 9.59 Å². The fourth-order valence-electron chi connectivity index (χ4n) is 4.20. The number of nitriles is 1. The number of piperidine rings is 1. The molecule has 2 aliphatic rings. The highest BCUT2D eigenvalue weighted by Crippen LogP contribution is 2.28. The highest BCUT2D eigenvalue weighted by molar-refractivity contribution is 6.30. The van der Waals surface area contributed by atoms with E-state index in [9.17, 15) is 24.0 Å². The lowest BCUT2D eigenvalue weighted by atomic mass is 10.1. The van der Waals surface area contributed by atoms with E-state index in [0.29, 0.717) is 29.4 Å². The average molecular weight is 484 g/mol. The highest BCUT2D eigenvalue weighted by atomic mass is 35.5. The summed E-state index contributed by atoms with van der Waals surface area (Å²) < 4.78 is 14.8. The topological polar surface area (TPSA) is 106 Å². The number of anilines is 3. The standard InChI is InChI=1S/C24H23ClFN5O3/c25-16-4-6-17(7-5-16)28-24(34)31-14-15(13-27)11-21(31)23(33)29-20-9-8-18(12-19(20)26)30-10-2-1-3-22(30)32/h4-9,12,15,21H,1-3,10-11,14H2,(H,28,34)(H,29,33)/t15-,21-/m1/s1. The number of likely N-dealkylation sites (tertiary alicyclic amines) is 1. The number of nitrogens with zero attached hydrogens (tertiary/aromatic N) is 3. The Balaban J connectivity index is 1.47. The van der Waals surface area contributed by atoms with Crippen molar-refractivity contribution in [1.29, 1.82) is 5.26 Å². The quantitative estimate of drug-likeness (QED) is 0.673. The van der Waals surface area contributed by atoms with Gasteiger partial charge in [0, 0.05) is 35.9 Å². The normalized spacial score (nSPS) is 20.1. The number of benzene rings is 2. The van der Waals surface area contributed by atoms with Gasteiger partial charge in [0.2, 0.25) is 11.8 Å². The summed E-state index contributed by atoms with van der Waals surface area (Å²) in [6, 6.07) is 11.3. The van der Waals surface area contributed by atoms with Crippen molar-refractivity contribution in [3.8, 4) is 6.07 Å². The molecule has 0 saturated carbocycles. The molecule has 0 radical (unpaired) electrons. The first-order valence-electron chi connectivity index (χ1n) is 11.0. The van der Waals surface area contributed by atoms with Gasteiger partial charge in [0.15, 0.2) is 0 Å². The van der Waals surface area contributed by atoms with E-state index >= 15 is 0 Å². The smallest absolute Gasteiger partial charge is 0.322 e. The van der Waals surface area contributed by atoms with Gasteiger partial charge in [-0.2, -0.15) is 5.26 Å². The maximum absolute atomic E-state index is 14.8. The van der Waals surface area contributed by atoms with Crippen molar-refractivity contribution in [3.63, 3.8) is 0 Å². The lowest BCUT2D eigenvalue weighted by Crippen LogP contribution is -2.45. The van der Waals surface area contributed by atoms with Crippen LogP contribution in [0.1, 0.15) is 25.7 Å². The Hall–Kier alpha value is -3.64. The fourth-order valence-corrected chi connectivity index (χ4v) is 4.33. The SMILES string of the molecule is N#C[C@H]1C[C@H](C(=O)Nc2ccc(N3CCCCC3=O)cc2F)N(C(=O)Nc2ccc(Cl)cc2)C1. The van der Waals surface area contributed by atoms with Crippen LogP contribution in [0.2, 0.25) is 5.02 Å². The van der Waals surface area contributed by atoms with Crippen LogP contribution in [-0.4, -0.2) is 41.9 Å². The van der Waals surface area contributed by atoms with Gasteiger partial charge in [-0.15, -0.1) is 0 Å². The van der Waals surface area contributed by atoms with E-state index in [1.165, 1.54) is 21.9 Å². The maximum Gasteiger partial charge on any atom is 0.322 e. The van der Waals surface area contributed by atoms with Crippen LogP contribution in [0.25, 0.3) is 0 Å². The zero-order valence-corrected chi connectivity index (χ0v) is 19.0. The van der Waals surface area contributed by atoms with Crippen molar-refractivity contribution >= 4 is 46.5 Å². The van der Waals surface area contributed by atoms with Crippen molar-refractivity contribution in [2.45, 2.75) is 31.7 Å². The molecule has 2 aliphatic heterocycles. The van der Waals surface area contributed by atoms with E-state index < -0.39 is 29.7 Å². The van der Waals surface area contributed by atoms with Crippen LogP contribution in [-0.2, 0) is 9.59 Å². The van der Waals surface area contributed by atoms with Gasteiger partial charge in [0.25, 0.3) is 0 Å². The van der Waals surface area contributed by atoms with Gasteiger partial charge in [0.1, 0.15) is 11.9 Å². The van der Waals surface area contributed by atoms with Crippen molar-refractivity contribution < 1.29 is 18.8 Å². The summed E-state index contributed by atoms with van der Waals surface area (Å²) in [6.07, 6.45) is 2.23. The van der Waals surface area contributed by atoms with Crippen molar-refractivity contribution in [2.24, 2.45) is 5.92 Å². The molecular weight excluding hydrogens is 461 g/mol. The number of nitrogens with one attached hydrogen (secondary N) is 2. The summed E-state index contributed by atoms with van der Waals surface area (Å²) in [7, 11) is 0. The van der Waals surface area contributed by atoms with E-state index in [1.807, 2.05) is 0 Å². The molecule has 2 heterocycles. The van der Waals surface area contributed by atoms with E-state index in [2.05, 4.69) is 16.7 Å². The number of halogens is 2. The number of hydrogen-bond acceptors (Lipinski definition) is 4. The Bertz CT molecular complexity index is 1150. The second kappa shape index (κ2) is 10.1. The summed E-state index contributed by atoms with van der Waals surface area (Å²) in [5.41, 5.74) is 0.870. The molecule has 4 rings (SSSR count). The number of urea groups is 1. The van der Waals surface area contributed by atoms with Gasteiger partial charge in [0.05, 0.1) is 17.7 Å². The molecular formula is C24H23ClFN5O3. The highest BCUT2D eigenvalue weighted by Gasteiger charge is 2.40. The summed E-state index contributed by atoms with van der Waals surface area (Å²) in [4.78, 5) is 40.7. The molecule has 0 spiro atoms. The van der Waals surface area contributed by atoms with Crippen LogP contribution in [0.3, 0.4) is 0 Å². The Morgan fingerprint density at radius 1 is 1.12 bits per heavy atom. The molecule has 2 aromatic rings. The summed E-state index contributed by atoms with van der Waals surface area (Å²) in [5, 5.41) is 15.1. The van der Waals surface area contributed by atoms with Gasteiger partial charge >= 0.3 is 6.03 Å². The molecule has 0 unspecified atom stereocenters. The lowest BCUT2D eigenvalue weighted by Gasteiger charge is -2.27. The van der Waals surface area contributed by atoms with Crippen LogP contribution in [0, 0.1) is 23.1 Å². The van der Waals surface area contributed by atoms with E-state index in [0.717, 1.165) is 12.8 Å². The summed E-state index contributed by atoms with van der Waals surface area (Å²) >= 11 is 5.87. The Morgan fingerprint density at radius 3 is 2.56 bits per heavy atom. The number of amides is 4. The van der Waals surface area contributed by atoms with Gasteiger partial charge in [-0.05, 0) is 61.7 Å². The van der Waals surface area contributed by atoms with E-state index in [1.54, 1.807) is 30.3 Å². The third-order valence-electron chi connectivity index (χ3n) is 5.99. The minimum absolute atomic E-state index is 0.0571. The molecule has 2 atom stereocenters. The van der Waals surface area contributed by atoms with Crippen LogP contribution in [0.15, 0.2) is 42.5 Å². The Morgan fingerprint density at radius 2 is 1.88 bits per heavy atom. The fraction of sp³-hybridized carbons (Fsp3) is 0.333. The molecule has 0 aromatic heterocycles. The average Bonchev–Trinajstić information content (AvgIpc) is 3.27. The number of carbonyl (C=O) groups is 3. The molecule has 8 nitrogen and oxygen atoms in total. The second-order valence-electron chi connectivity index (χ2n) is 8.32. The molecule has 0 bridgehead atoms. The number of hydrogen-bond donors (Lipinski definition) is 2. The number of rotatable bonds is 4. The zero-order valence-electron chi connectivity index (χ0n) is 18.3. The molecule has 2 fully saturated rings. The van der Waals surface area contributed by atoms with Crippen LogP contribution in [0.5, 0.6) is 0 Å². The third-order valence-corrected chi connectivity index (χ3v) is 6.24. The van der Waals surface area contributed by atoms with Gasteiger partial charge in [-0.1, -0.05) is 11.6 Å². The predicted molar refractivity (Wildman–Crippen MR) is 126 cm³/mol. The zero-order chi connectivity index (χ0) is 24.2. The predicted octanol–water partition coefficient (Wildman–Crippen LogP) is 4.38. The van der Waals surface area contributed by atoms with Crippen LogP contribution in [0.4, 0.5) is 26.2 Å². The molecule has 34 heavy (non-hydrogen) atoms. The minimum Gasteiger partial charge on any atom is -0.322 e. The first-order valence-corrected chi connectivity index (χ1v) is 11.4. The van der Waals surface area contributed by atoms with Crippen molar-refractivity contribution in [1.82, 2.24) is 4.90 Å². The Kier molecular flexibility index (Phi) is 6.98. The number of carbonyl (C=O) groups excluding carboxylic acids is 3. The first-order chi connectivity index (χ1) is 16.4. The maximum atomic E-state index is 14.8. The van der Waals surface area contributed by atoms with E-state index in [-0.39, 0.29) is 24.6 Å². The van der Waals surface area contributed by atoms with Crippen molar-refractivity contribution in [3.05, 3.63) is 53.3 Å². The molecule has 4 amide bonds. The molecule has 10 heteroatoms. The second-order valence-corrected chi connectivity index (χ2v) is 8.76. The van der Waals surface area contributed by atoms with Crippen LogP contribution >= 0.6 is 11.6 Å². The molecule has 176 valence electrons. The Labute approximate surface area is 201 Å².